The Labute approximate surface area is 229 Å². The molecule has 2 unspecified atom stereocenters. The van der Waals surface area contributed by atoms with Crippen LogP contribution < -0.4 is 0 Å². The number of nitrogens with zero attached hydrogens (tertiary/aromatic N) is 3. The first kappa shape index (κ1) is 29.5. The number of ether oxygens (including phenoxy) is 3. The maximum Gasteiger partial charge on any atom is 0.419 e. The Morgan fingerprint density at radius 1 is 1.08 bits per heavy atom. The van der Waals surface area contributed by atoms with Crippen molar-refractivity contribution in [1.29, 1.82) is 0 Å². The molecule has 0 aliphatic heterocycles. The zero-order valence-corrected chi connectivity index (χ0v) is 24.0. The molecule has 0 N–H and O–H groups in total. The van der Waals surface area contributed by atoms with E-state index in [1.165, 1.54) is 0 Å². The Morgan fingerprint density at radius 3 is 2.24 bits per heavy atom. The lowest BCUT2D eigenvalue weighted by Gasteiger charge is -2.28. The maximum absolute atomic E-state index is 13.1. The van der Waals surface area contributed by atoms with Crippen molar-refractivity contribution in [3.8, 4) is 5.69 Å². The first-order valence-electron chi connectivity index (χ1n) is 12.9. The molecule has 2 amide bonds. The van der Waals surface area contributed by atoms with E-state index in [1.807, 2.05) is 24.4 Å². The molecule has 2 aromatic rings. The molecule has 1 heterocycles. The van der Waals surface area contributed by atoms with Gasteiger partial charge in [0.15, 0.2) is 0 Å². The standard InChI is InChI=1S/C28H38ClN3O6/c1-8-36-23(33)28(22-17-31(18-30-22)21-14-10-9-13-20(21)29)16-19(28)12-11-15-32(24(34)37-26(2,3)4)25(35)38-27(5,6)7/h9-10,13-14,17-19H,8,11-12,15-16H2,1-7H3. The minimum atomic E-state index is -0.884. The second-order valence-corrected chi connectivity index (χ2v) is 11.9. The van der Waals surface area contributed by atoms with E-state index in [1.54, 1.807) is 65.4 Å². The summed E-state index contributed by atoms with van der Waals surface area (Å²) in [5.41, 5.74) is -1.06. The zero-order chi connectivity index (χ0) is 28.3. The average Bonchev–Trinajstić information content (AvgIpc) is 3.31. The molecule has 208 valence electrons. The maximum atomic E-state index is 13.1. The molecule has 38 heavy (non-hydrogen) atoms. The molecule has 10 heteroatoms. The topological polar surface area (TPSA) is 100.0 Å². The highest BCUT2D eigenvalue weighted by Crippen LogP contribution is 2.57. The Morgan fingerprint density at radius 2 is 1.68 bits per heavy atom. The fourth-order valence-electron chi connectivity index (χ4n) is 4.34. The zero-order valence-electron chi connectivity index (χ0n) is 23.2. The van der Waals surface area contributed by atoms with Gasteiger partial charge in [-0.2, -0.15) is 0 Å². The van der Waals surface area contributed by atoms with Crippen LogP contribution >= 0.6 is 11.6 Å². The van der Waals surface area contributed by atoms with Crippen LogP contribution in [0.3, 0.4) is 0 Å². The van der Waals surface area contributed by atoms with Gasteiger partial charge in [0.2, 0.25) is 0 Å². The van der Waals surface area contributed by atoms with Gasteiger partial charge in [-0.1, -0.05) is 23.7 Å². The lowest BCUT2D eigenvalue weighted by atomic mass is 9.97. The van der Waals surface area contributed by atoms with E-state index in [0.29, 0.717) is 30.0 Å². The monoisotopic (exact) mass is 547 g/mol. The molecule has 1 saturated carbocycles. The number of aromatic nitrogens is 2. The first-order chi connectivity index (χ1) is 17.7. The Balaban J connectivity index is 1.75. The van der Waals surface area contributed by atoms with Gasteiger partial charge in [0, 0.05) is 12.7 Å². The smallest absolute Gasteiger partial charge is 0.419 e. The van der Waals surface area contributed by atoms with Crippen molar-refractivity contribution >= 4 is 29.8 Å². The molecule has 0 radical (unpaired) electrons. The third-order valence-corrected chi connectivity index (χ3v) is 6.40. The third kappa shape index (κ3) is 7.07. The molecule has 0 saturated heterocycles. The van der Waals surface area contributed by atoms with Crippen LogP contribution in [0.1, 0.15) is 73.4 Å². The van der Waals surface area contributed by atoms with Crippen LogP contribution in [0.5, 0.6) is 0 Å². The minimum Gasteiger partial charge on any atom is -0.465 e. The van der Waals surface area contributed by atoms with Crippen LogP contribution in [0.2, 0.25) is 5.02 Å². The predicted molar refractivity (Wildman–Crippen MR) is 143 cm³/mol. The molecule has 0 spiro atoms. The number of imide groups is 1. The summed E-state index contributed by atoms with van der Waals surface area (Å²) in [5.74, 6) is -0.388. The summed E-state index contributed by atoms with van der Waals surface area (Å²) in [6.07, 6.45) is 3.50. The van der Waals surface area contributed by atoms with Crippen LogP contribution in [0, 0.1) is 5.92 Å². The van der Waals surface area contributed by atoms with E-state index >= 15 is 0 Å². The Hall–Kier alpha value is -3.07. The Kier molecular flexibility index (Phi) is 8.81. The number of carbonyl (C=O) groups excluding carboxylic acids is 3. The van der Waals surface area contributed by atoms with E-state index in [-0.39, 0.29) is 25.0 Å². The molecule has 9 nitrogen and oxygen atoms in total. The molecule has 1 aromatic heterocycles. The highest BCUT2D eigenvalue weighted by Gasteiger charge is 2.63. The molecular formula is C28H38ClN3O6. The van der Waals surface area contributed by atoms with Gasteiger partial charge in [0.05, 0.1) is 29.3 Å². The summed E-state index contributed by atoms with van der Waals surface area (Å²) in [7, 11) is 0. The fraction of sp³-hybridized carbons (Fsp3) is 0.571. The molecule has 3 rings (SSSR count). The summed E-state index contributed by atoms with van der Waals surface area (Å²) < 4.78 is 18.1. The van der Waals surface area contributed by atoms with Crippen LogP contribution in [-0.2, 0) is 24.4 Å². The fourth-order valence-corrected chi connectivity index (χ4v) is 4.57. The second-order valence-electron chi connectivity index (χ2n) is 11.5. The van der Waals surface area contributed by atoms with Crippen molar-refractivity contribution in [2.75, 3.05) is 13.2 Å². The van der Waals surface area contributed by atoms with Gasteiger partial charge < -0.3 is 18.8 Å². The van der Waals surface area contributed by atoms with E-state index in [9.17, 15) is 14.4 Å². The summed E-state index contributed by atoms with van der Waals surface area (Å²) in [6, 6.07) is 7.39. The number of halogens is 1. The van der Waals surface area contributed by atoms with Crippen LogP contribution in [-0.4, -0.2) is 57.0 Å². The number of rotatable bonds is 8. The van der Waals surface area contributed by atoms with Crippen molar-refractivity contribution in [3.63, 3.8) is 0 Å². The van der Waals surface area contributed by atoms with Gasteiger partial charge in [-0.25, -0.2) is 19.5 Å². The molecule has 1 aromatic carbocycles. The van der Waals surface area contributed by atoms with Crippen molar-refractivity contribution in [1.82, 2.24) is 14.5 Å². The van der Waals surface area contributed by atoms with E-state index in [4.69, 9.17) is 25.8 Å². The summed E-state index contributed by atoms with van der Waals surface area (Å²) in [4.78, 5) is 44.2. The summed E-state index contributed by atoms with van der Waals surface area (Å²) in [5, 5.41) is 0.568. The largest absolute Gasteiger partial charge is 0.465 e. The number of hydrogen-bond donors (Lipinski definition) is 0. The van der Waals surface area contributed by atoms with Crippen LogP contribution in [0.25, 0.3) is 5.69 Å². The van der Waals surface area contributed by atoms with E-state index in [2.05, 4.69) is 4.98 Å². The quantitative estimate of drug-likeness (QED) is 0.282. The molecule has 0 bridgehead atoms. The number of amides is 2. The van der Waals surface area contributed by atoms with Crippen LogP contribution in [0.15, 0.2) is 36.8 Å². The average molecular weight is 548 g/mol. The molecular weight excluding hydrogens is 510 g/mol. The third-order valence-electron chi connectivity index (χ3n) is 6.08. The predicted octanol–water partition coefficient (Wildman–Crippen LogP) is 6.30. The molecule has 1 aliphatic rings. The SMILES string of the molecule is CCOC(=O)C1(c2cn(-c3ccccc3Cl)cn2)CC1CCCN(C(=O)OC(C)(C)C)C(=O)OC(C)(C)C. The van der Waals surface area contributed by atoms with E-state index in [0.717, 1.165) is 10.6 Å². The Bertz CT molecular complexity index is 1140. The number of imidazole rings is 1. The van der Waals surface area contributed by atoms with Crippen molar-refractivity contribution in [2.24, 2.45) is 5.92 Å². The number of para-hydroxylation sites is 1. The van der Waals surface area contributed by atoms with Gasteiger partial charge >= 0.3 is 18.2 Å². The van der Waals surface area contributed by atoms with Crippen LogP contribution in [0.4, 0.5) is 9.59 Å². The summed E-state index contributed by atoms with van der Waals surface area (Å²) >= 11 is 6.35. The molecule has 1 fully saturated rings. The number of benzene rings is 1. The lowest BCUT2D eigenvalue weighted by Crippen LogP contribution is -2.44. The van der Waals surface area contributed by atoms with Crippen molar-refractivity contribution in [3.05, 3.63) is 47.5 Å². The lowest BCUT2D eigenvalue weighted by molar-refractivity contribution is -0.146. The molecule has 1 aliphatic carbocycles. The van der Waals surface area contributed by atoms with E-state index < -0.39 is 28.8 Å². The molecule has 2 atom stereocenters. The van der Waals surface area contributed by atoms with Gasteiger partial charge in [-0.3, -0.25) is 4.79 Å². The summed E-state index contributed by atoms with van der Waals surface area (Å²) in [6.45, 7) is 12.5. The highest BCUT2D eigenvalue weighted by molar-refractivity contribution is 6.32. The highest BCUT2D eigenvalue weighted by atomic mass is 35.5. The van der Waals surface area contributed by atoms with Gasteiger partial charge in [-0.05, 0) is 85.8 Å². The first-order valence-corrected chi connectivity index (χ1v) is 13.3. The van der Waals surface area contributed by atoms with Gasteiger partial charge in [-0.15, -0.1) is 0 Å². The van der Waals surface area contributed by atoms with Gasteiger partial charge in [0.1, 0.15) is 16.6 Å². The number of carbonyl (C=O) groups is 3. The van der Waals surface area contributed by atoms with Crippen molar-refractivity contribution < 1.29 is 28.6 Å². The normalized spacial score (nSPS) is 19.0. The number of hydrogen-bond acceptors (Lipinski definition) is 7. The second kappa shape index (κ2) is 11.4. The number of esters is 1. The minimum absolute atomic E-state index is 0.0599. The van der Waals surface area contributed by atoms with Gasteiger partial charge in [0.25, 0.3) is 0 Å². The van der Waals surface area contributed by atoms with Crippen molar-refractivity contribution in [2.45, 2.75) is 84.3 Å².